The molecule has 0 aliphatic rings. The van der Waals surface area contributed by atoms with Gasteiger partial charge in [-0.05, 0) is 98.6 Å². The van der Waals surface area contributed by atoms with E-state index in [0.717, 1.165) is 110 Å². The summed E-state index contributed by atoms with van der Waals surface area (Å²) in [7, 11) is 0. The Balaban J connectivity index is 1.49. The van der Waals surface area contributed by atoms with Gasteiger partial charge in [0.15, 0.2) is 0 Å². The maximum atomic E-state index is 6.06. The van der Waals surface area contributed by atoms with Crippen molar-refractivity contribution in [2.24, 2.45) is 0 Å². The molecule has 0 radical (unpaired) electrons. The first-order chi connectivity index (χ1) is 21.0. The van der Waals surface area contributed by atoms with Gasteiger partial charge in [0.25, 0.3) is 0 Å². The van der Waals surface area contributed by atoms with Crippen molar-refractivity contribution in [3.8, 4) is 34.0 Å². The smallest absolute Gasteiger partial charge is 0.119 e. The third-order valence-electron chi connectivity index (χ3n) is 8.01. The molecule has 43 heavy (non-hydrogen) atoms. The normalized spacial score (nSPS) is 11.4. The van der Waals surface area contributed by atoms with Crippen LogP contribution in [0.1, 0.15) is 77.1 Å². The Morgan fingerprint density at radius 2 is 1.33 bits per heavy atom. The molecule has 0 amide bonds. The summed E-state index contributed by atoms with van der Waals surface area (Å²) in [6.45, 7) is 13.5. The zero-order chi connectivity index (χ0) is 30.4. The van der Waals surface area contributed by atoms with Gasteiger partial charge < -0.3 is 19.4 Å². The van der Waals surface area contributed by atoms with Crippen LogP contribution in [0.25, 0.3) is 22.5 Å². The topological polar surface area (TPSA) is 50.4 Å². The van der Waals surface area contributed by atoms with Gasteiger partial charge in [0.1, 0.15) is 17.3 Å². The molecule has 0 saturated heterocycles. The van der Waals surface area contributed by atoms with Crippen LogP contribution in [-0.4, -0.2) is 47.7 Å². The van der Waals surface area contributed by atoms with Crippen LogP contribution in [0, 0.1) is 0 Å². The lowest BCUT2D eigenvalue weighted by Crippen LogP contribution is -2.25. The summed E-state index contributed by atoms with van der Waals surface area (Å²) in [5, 5.41) is 0.753. The maximum absolute atomic E-state index is 6.06. The van der Waals surface area contributed by atoms with E-state index >= 15 is 0 Å². The van der Waals surface area contributed by atoms with E-state index in [1.54, 1.807) is 0 Å². The van der Waals surface area contributed by atoms with Crippen LogP contribution >= 0.6 is 11.6 Å². The molecule has 4 rings (SSSR count). The van der Waals surface area contributed by atoms with E-state index < -0.39 is 0 Å². The number of benzene rings is 3. The molecule has 0 bridgehead atoms. The minimum absolute atomic E-state index is 0.423. The van der Waals surface area contributed by atoms with Crippen LogP contribution in [0.4, 0.5) is 0 Å². The molecule has 5 nitrogen and oxygen atoms in total. The molecule has 0 aliphatic carbocycles. The first kappa shape index (κ1) is 32.6. The van der Waals surface area contributed by atoms with Crippen molar-refractivity contribution in [3.63, 3.8) is 0 Å². The summed E-state index contributed by atoms with van der Waals surface area (Å²) >= 11 is 6.01. The molecule has 0 aliphatic heterocycles. The number of imidazole rings is 1. The van der Waals surface area contributed by atoms with Crippen molar-refractivity contribution in [1.29, 1.82) is 0 Å². The molecule has 3 aromatic carbocycles. The molecule has 0 spiro atoms. The molecular formula is C37H48ClN3O2. The van der Waals surface area contributed by atoms with E-state index in [4.69, 9.17) is 26.1 Å². The highest BCUT2D eigenvalue weighted by atomic mass is 35.5. The molecule has 230 valence electrons. The second-order valence-electron chi connectivity index (χ2n) is 11.1. The van der Waals surface area contributed by atoms with Gasteiger partial charge in [-0.3, -0.25) is 0 Å². The summed E-state index contributed by atoms with van der Waals surface area (Å²) < 4.78 is 12.1. The summed E-state index contributed by atoms with van der Waals surface area (Å²) in [5.74, 6) is 3.26. The van der Waals surface area contributed by atoms with E-state index in [1.165, 1.54) is 5.56 Å². The van der Waals surface area contributed by atoms with Gasteiger partial charge in [-0.25, -0.2) is 4.98 Å². The lowest BCUT2D eigenvalue weighted by atomic mass is 9.98. The van der Waals surface area contributed by atoms with Crippen molar-refractivity contribution >= 4 is 11.6 Å². The summed E-state index contributed by atoms with van der Waals surface area (Å²) in [4.78, 5) is 11.4. The van der Waals surface area contributed by atoms with Crippen LogP contribution < -0.4 is 9.47 Å². The SMILES string of the molecule is CCCC(CCC)c1nc(-c2ccc(OCCCN(CC)CC)cc2)c(-c2ccc(OCCc3ccc(Cl)cc3)cc2)[nH]1. The average molecular weight is 602 g/mol. The van der Waals surface area contributed by atoms with Gasteiger partial charge >= 0.3 is 0 Å². The lowest BCUT2D eigenvalue weighted by molar-refractivity contribution is 0.249. The Kier molecular flexibility index (Phi) is 13.0. The maximum Gasteiger partial charge on any atom is 0.119 e. The summed E-state index contributed by atoms with van der Waals surface area (Å²) in [6, 6.07) is 24.7. The number of halogens is 1. The Bertz CT molecular complexity index is 1340. The number of aromatic amines is 1. The van der Waals surface area contributed by atoms with Gasteiger partial charge in [-0.15, -0.1) is 0 Å². The molecule has 0 fully saturated rings. The summed E-state index contributed by atoms with van der Waals surface area (Å²) in [5.41, 5.74) is 5.43. The number of hydrogen-bond donors (Lipinski definition) is 1. The molecular weight excluding hydrogens is 554 g/mol. The standard InChI is InChI=1S/C37H48ClN3O2/c1-5-10-31(11-6-2)37-39-35(29-14-20-33(21-15-29)42-26-9-25-41(7-3)8-4)36(40-37)30-16-22-34(23-17-30)43-27-24-28-12-18-32(38)19-13-28/h12-23,31H,5-11,24-27H2,1-4H3,(H,39,40). The third-order valence-corrected chi connectivity index (χ3v) is 8.26. The number of aromatic nitrogens is 2. The first-order valence-corrected chi connectivity index (χ1v) is 16.4. The van der Waals surface area contributed by atoms with Gasteiger partial charge in [-0.1, -0.05) is 64.3 Å². The molecule has 6 heteroatoms. The molecule has 1 heterocycles. The predicted molar refractivity (Wildman–Crippen MR) is 181 cm³/mol. The Morgan fingerprint density at radius 1 is 0.744 bits per heavy atom. The van der Waals surface area contributed by atoms with Gasteiger partial charge in [0.2, 0.25) is 0 Å². The van der Waals surface area contributed by atoms with Gasteiger partial charge in [0, 0.05) is 35.0 Å². The number of nitrogens with one attached hydrogen (secondary N) is 1. The Morgan fingerprint density at radius 3 is 1.91 bits per heavy atom. The number of hydrogen-bond acceptors (Lipinski definition) is 4. The molecule has 0 saturated carbocycles. The number of nitrogens with zero attached hydrogens (tertiary/aromatic N) is 2. The Labute approximate surface area is 263 Å². The van der Waals surface area contributed by atoms with Crippen LogP contribution in [-0.2, 0) is 6.42 Å². The molecule has 1 aromatic heterocycles. The molecule has 4 aromatic rings. The van der Waals surface area contributed by atoms with Crippen LogP contribution in [0.15, 0.2) is 72.8 Å². The van der Waals surface area contributed by atoms with E-state index in [-0.39, 0.29) is 0 Å². The fourth-order valence-corrected chi connectivity index (χ4v) is 5.63. The molecule has 0 atom stereocenters. The monoisotopic (exact) mass is 601 g/mol. The second kappa shape index (κ2) is 17.1. The lowest BCUT2D eigenvalue weighted by Gasteiger charge is -2.17. The fourth-order valence-electron chi connectivity index (χ4n) is 5.50. The van der Waals surface area contributed by atoms with E-state index in [0.29, 0.717) is 12.5 Å². The Hall–Kier alpha value is -3.28. The zero-order valence-corrected chi connectivity index (χ0v) is 27.1. The van der Waals surface area contributed by atoms with Crippen molar-refractivity contribution in [1.82, 2.24) is 14.9 Å². The van der Waals surface area contributed by atoms with E-state index in [2.05, 4.69) is 74.0 Å². The summed E-state index contributed by atoms with van der Waals surface area (Å²) in [6.07, 6.45) is 6.38. The molecule has 0 unspecified atom stereocenters. The highest BCUT2D eigenvalue weighted by Crippen LogP contribution is 2.35. The van der Waals surface area contributed by atoms with Crippen LogP contribution in [0.2, 0.25) is 5.02 Å². The highest BCUT2D eigenvalue weighted by Gasteiger charge is 2.20. The van der Waals surface area contributed by atoms with Gasteiger partial charge in [-0.2, -0.15) is 0 Å². The fraction of sp³-hybridized carbons (Fsp3) is 0.432. The van der Waals surface area contributed by atoms with E-state index in [1.807, 2.05) is 36.4 Å². The second-order valence-corrected chi connectivity index (χ2v) is 11.6. The minimum atomic E-state index is 0.423. The first-order valence-electron chi connectivity index (χ1n) is 16.1. The number of ether oxygens (including phenoxy) is 2. The van der Waals surface area contributed by atoms with Crippen LogP contribution in [0.3, 0.4) is 0 Å². The molecule has 1 N–H and O–H groups in total. The van der Waals surface area contributed by atoms with Crippen molar-refractivity contribution < 1.29 is 9.47 Å². The van der Waals surface area contributed by atoms with Crippen LogP contribution in [0.5, 0.6) is 11.5 Å². The number of H-pyrrole nitrogens is 1. The quantitative estimate of drug-likeness (QED) is 0.115. The van der Waals surface area contributed by atoms with Crippen molar-refractivity contribution in [3.05, 3.63) is 89.2 Å². The van der Waals surface area contributed by atoms with E-state index in [9.17, 15) is 0 Å². The van der Waals surface area contributed by atoms with Gasteiger partial charge in [0.05, 0.1) is 24.6 Å². The third kappa shape index (κ3) is 9.61. The number of rotatable bonds is 18. The van der Waals surface area contributed by atoms with Crippen molar-refractivity contribution in [2.45, 2.75) is 72.1 Å². The predicted octanol–water partition coefficient (Wildman–Crippen LogP) is 9.81. The van der Waals surface area contributed by atoms with Crippen molar-refractivity contribution in [2.75, 3.05) is 32.8 Å². The highest BCUT2D eigenvalue weighted by molar-refractivity contribution is 6.30. The average Bonchev–Trinajstić information content (AvgIpc) is 3.48. The largest absolute Gasteiger partial charge is 0.494 e. The minimum Gasteiger partial charge on any atom is -0.494 e. The zero-order valence-electron chi connectivity index (χ0n) is 26.4.